The summed E-state index contributed by atoms with van der Waals surface area (Å²) < 4.78 is 18.6. The smallest absolute Gasteiger partial charge is 0.273 e. The van der Waals surface area contributed by atoms with Crippen LogP contribution in [0.2, 0.25) is 0 Å². The molecule has 0 bridgehead atoms. The van der Waals surface area contributed by atoms with Crippen LogP contribution in [0.5, 0.6) is 5.75 Å². The summed E-state index contributed by atoms with van der Waals surface area (Å²) in [7, 11) is 0. The molecule has 26 heavy (non-hydrogen) atoms. The zero-order chi connectivity index (χ0) is 18.5. The molecular weight excluding hydrogens is 339 g/mol. The van der Waals surface area contributed by atoms with Crippen LogP contribution in [0.15, 0.2) is 48.5 Å². The van der Waals surface area contributed by atoms with Gasteiger partial charge in [-0.3, -0.25) is 15.0 Å². The van der Waals surface area contributed by atoms with Crippen molar-refractivity contribution in [2.45, 2.75) is 25.0 Å². The largest absolute Gasteiger partial charge is 0.491 e. The molecule has 138 valence electrons. The Morgan fingerprint density at radius 2 is 2.08 bits per heavy atom. The van der Waals surface area contributed by atoms with Gasteiger partial charge in [-0.05, 0) is 43.1 Å². The first-order chi connectivity index (χ1) is 12.5. The molecule has 2 aromatic carbocycles. The lowest BCUT2D eigenvalue weighted by Crippen LogP contribution is -2.35. The van der Waals surface area contributed by atoms with Gasteiger partial charge in [0.15, 0.2) is 0 Å². The molecule has 0 aliphatic carbocycles. The molecule has 2 atom stereocenters. The van der Waals surface area contributed by atoms with Crippen LogP contribution in [0.3, 0.4) is 0 Å². The second-order valence-corrected chi connectivity index (χ2v) is 6.42. The van der Waals surface area contributed by atoms with Crippen molar-refractivity contribution in [3.8, 4) is 5.75 Å². The normalized spacial score (nSPS) is 18.6. The van der Waals surface area contributed by atoms with Gasteiger partial charge in [-0.2, -0.15) is 0 Å². The number of likely N-dealkylation sites (tertiary alicyclic amines) is 1. The molecule has 1 heterocycles. The van der Waals surface area contributed by atoms with E-state index in [1.807, 2.05) is 0 Å². The molecule has 1 saturated heterocycles. The average Bonchev–Trinajstić information content (AvgIpc) is 3.09. The average molecular weight is 360 g/mol. The second-order valence-electron chi connectivity index (χ2n) is 6.42. The first-order valence-corrected chi connectivity index (χ1v) is 8.58. The molecule has 1 aliphatic heterocycles. The molecule has 6 nitrogen and oxygen atoms in total. The Morgan fingerprint density at radius 1 is 1.31 bits per heavy atom. The van der Waals surface area contributed by atoms with E-state index in [1.165, 1.54) is 24.3 Å². The molecule has 2 aromatic rings. The van der Waals surface area contributed by atoms with Crippen LogP contribution >= 0.6 is 0 Å². The Labute approximate surface area is 151 Å². The van der Waals surface area contributed by atoms with E-state index in [0.29, 0.717) is 12.3 Å². The number of aliphatic hydroxyl groups excluding tert-OH is 1. The summed E-state index contributed by atoms with van der Waals surface area (Å²) in [5.74, 6) is 0.0958. The molecule has 1 N–H and O–H groups in total. The lowest BCUT2D eigenvalue weighted by molar-refractivity contribution is -0.384. The van der Waals surface area contributed by atoms with E-state index in [2.05, 4.69) is 4.90 Å². The van der Waals surface area contributed by atoms with Gasteiger partial charge in [-0.15, -0.1) is 0 Å². The molecular formula is C19H21FN2O4. The van der Waals surface area contributed by atoms with E-state index in [1.54, 1.807) is 24.3 Å². The van der Waals surface area contributed by atoms with Gasteiger partial charge in [0.1, 0.15) is 24.3 Å². The van der Waals surface area contributed by atoms with Crippen molar-refractivity contribution in [2.75, 3.05) is 19.7 Å². The van der Waals surface area contributed by atoms with Gasteiger partial charge in [-0.1, -0.05) is 18.2 Å². The Kier molecular flexibility index (Phi) is 5.80. The number of nitrogens with zero attached hydrogens (tertiary/aromatic N) is 2. The van der Waals surface area contributed by atoms with Crippen molar-refractivity contribution in [1.82, 2.24) is 4.90 Å². The van der Waals surface area contributed by atoms with E-state index in [4.69, 9.17) is 4.74 Å². The number of benzene rings is 2. The van der Waals surface area contributed by atoms with E-state index in [9.17, 15) is 19.6 Å². The van der Waals surface area contributed by atoms with Crippen LogP contribution in [0.1, 0.15) is 24.4 Å². The lowest BCUT2D eigenvalue weighted by atomic mass is 10.0. The minimum atomic E-state index is -0.727. The number of halogens is 1. The van der Waals surface area contributed by atoms with Gasteiger partial charge in [0, 0.05) is 18.7 Å². The molecule has 2 unspecified atom stereocenters. The molecule has 1 fully saturated rings. The second kappa shape index (κ2) is 8.25. The number of ether oxygens (including phenoxy) is 1. The number of β-amino-alcohol motifs (C(OH)–C–C–N with tert-alkyl or cyclic N) is 1. The van der Waals surface area contributed by atoms with Crippen LogP contribution in [0.4, 0.5) is 10.1 Å². The van der Waals surface area contributed by atoms with Crippen molar-refractivity contribution in [1.29, 1.82) is 0 Å². The van der Waals surface area contributed by atoms with Crippen LogP contribution in [-0.2, 0) is 0 Å². The highest BCUT2D eigenvalue weighted by molar-refractivity contribution is 5.37. The van der Waals surface area contributed by atoms with Crippen molar-refractivity contribution in [3.05, 3.63) is 70.0 Å². The van der Waals surface area contributed by atoms with Crippen molar-refractivity contribution in [2.24, 2.45) is 0 Å². The maximum Gasteiger partial charge on any atom is 0.273 e. The number of nitro benzene ring substituents is 1. The topological polar surface area (TPSA) is 75.8 Å². The van der Waals surface area contributed by atoms with Gasteiger partial charge in [0.05, 0.1) is 11.0 Å². The van der Waals surface area contributed by atoms with Gasteiger partial charge in [-0.25, -0.2) is 4.39 Å². The quantitative estimate of drug-likeness (QED) is 0.606. The number of aliphatic hydroxyl groups is 1. The Hall–Kier alpha value is -2.51. The molecule has 0 aromatic heterocycles. The Morgan fingerprint density at radius 3 is 2.81 bits per heavy atom. The zero-order valence-corrected chi connectivity index (χ0v) is 14.3. The minimum Gasteiger partial charge on any atom is -0.491 e. The van der Waals surface area contributed by atoms with Crippen molar-refractivity contribution in [3.63, 3.8) is 0 Å². The third kappa shape index (κ3) is 4.56. The summed E-state index contributed by atoms with van der Waals surface area (Å²) in [4.78, 5) is 12.5. The molecule has 7 heteroatoms. The molecule has 0 radical (unpaired) electrons. The van der Waals surface area contributed by atoms with Gasteiger partial charge < -0.3 is 9.84 Å². The highest BCUT2D eigenvalue weighted by Gasteiger charge is 2.27. The van der Waals surface area contributed by atoms with Gasteiger partial charge in [0.2, 0.25) is 0 Å². The summed E-state index contributed by atoms with van der Waals surface area (Å²) in [6.07, 6.45) is 1.25. The number of hydrogen-bond donors (Lipinski definition) is 1. The molecule has 3 rings (SSSR count). The van der Waals surface area contributed by atoms with E-state index in [0.717, 1.165) is 24.9 Å². The number of nitro groups is 1. The Balaban J connectivity index is 1.55. The molecule has 0 amide bonds. The van der Waals surface area contributed by atoms with Crippen LogP contribution in [0, 0.1) is 15.9 Å². The minimum absolute atomic E-state index is 0.0482. The third-order valence-corrected chi connectivity index (χ3v) is 4.53. The number of rotatable bonds is 7. The highest BCUT2D eigenvalue weighted by Crippen LogP contribution is 2.32. The third-order valence-electron chi connectivity index (χ3n) is 4.53. The van der Waals surface area contributed by atoms with Crippen molar-refractivity contribution >= 4 is 5.69 Å². The highest BCUT2D eigenvalue weighted by atomic mass is 19.1. The van der Waals surface area contributed by atoms with Crippen LogP contribution in [-0.4, -0.2) is 40.7 Å². The maximum absolute atomic E-state index is 13.1. The van der Waals surface area contributed by atoms with E-state index >= 15 is 0 Å². The fraction of sp³-hybridized carbons (Fsp3) is 0.368. The van der Waals surface area contributed by atoms with Crippen LogP contribution in [0.25, 0.3) is 0 Å². The maximum atomic E-state index is 13.1. The Bertz CT molecular complexity index is 753. The van der Waals surface area contributed by atoms with Gasteiger partial charge in [0.25, 0.3) is 5.69 Å². The molecule has 1 aliphatic rings. The first kappa shape index (κ1) is 18.3. The summed E-state index contributed by atoms with van der Waals surface area (Å²) in [5, 5.41) is 21.1. The lowest BCUT2D eigenvalue weighted by Gasteiger charge is -2.27. The number of non-ortho nitro benzene ring substituents is 1. The van der Waals surface area contributed by atoms with E-state index < -0.39 is 11.0 Å². The predicted molar refractivity (Wildman–Crippen MR) is 94.5 cm³/mol. The fourth-order valence-corrected chi connectivity index (χ4v) is 3.31. The molecule has 0 spiro atoms. The zero-order valence-electron chi connectivity index (χ0n) is 14.3. The van der Waals surface area contributed by atoms with E-state index in [-0.39, 0.29) is 24.2 Å². The SMILES string of the molecule is O=[N+]([O-])c1cccc(OCC(O)CN2CCCC2c2ccc(F)cc2)c1. The van der Waals surface area contributed by atoms with Gasteiger partial charge >= 0.3 is 0 Å². The monoisotopic (exact) mass is 360 g/mol. The number of hydrogen-bond acceptors (Lipinski definition) is 5. The summed E-state index contributed by atoms with van der Waals surface area (Å²) in [5.41, 5.74) is 0.989. The van der Waals surface area contributed by atoms with Crippen LogP contribution < -0.4 is 4.74 Å². The summed E-state index contributed by atoms with van der Waals surface area (Å²) in [6.45, 7) is 1.33. The summed E-state index contributed by atoms with van der Waals surface area (Å²) >= 11 is 0. The first-order valence-electron chi connectivity index (χ1n) is 8.58. The predicted octanol–water partition coefficient (Wildman–Crippen LogP) is 3.31. The summed E-state index contributed by atoms with van der Waals surface area (Å²) in [6, 6.07) is 12.5. The van der Waals surface area contributed by atoms with Crippen molar-refractivity contribution < 1.29 is 19.2 Å². The standard InChI is InChI=1S/C19H21FN2O4/c20-15-8-6-14(7-9-15)19-5-2-10-21(19)12-17(23)13-26-18-4-1-3-16(11-18)22(24)25/h1,3-4,6-9,11,17,19,23H,2,5,10,12-13H2. The molecule has 0 saturated carbocycles. The fourth-order valence-electron chi connectivity index (χ4n) is 3.31.